The molecular weight excluding hydrogens is 877 g/mol. The summed E-state index contributed by atoms with van der Waals surface area (Å²) in [7, 11) is 2.85. The molecule has 0 aliphatic carbocycles. The lowest BCUT2D eigenvalue weighted by molar-refractivity contribution is -0.157. The number of benzene rings is 3. The molecule has 4 bridgehead atoms. The zero-order chi connectivity index (χ0) is 46.8. The van der Waals surface area contributed by atoms with Gasteiger partial charge < -0.3 is 47.7 Å². The zero-order valence-corrected chi connectivity index (χ0v) is 37.7. The van der Waals surface area contributed by atoms with Crippen LogP contribution >= 0.6 is 11.8 Å². The van der Waals surface area contributed by atoms with Gasteiger partial charge in [0.1, 0.15) is 31.6 Å². The molecule has 7 aliphatic heterocycles. The van der Waals surface area contributed by atoms with Gasteiger partial charge in [0.05, 0.1) is 49.7 Å². The Morgan fingerprint density at radius 3 is 2.45 bits per heavy atom. The first-order valence-electron chi connectivity index (χ1n) is 21.3. The van der Waals surface area contributed by atoms with Gasteiger partial charge in [-0.15, -0.1) is 11.8 Å². The molecule has 1 amide bonds. The summed E-state index contributed by atoms with van der Waals surface area (Å²) in [5.74, 6) is -0.178. The van der Waals surface area contributed by atoms with E-state index in [9.17, 15) is 24.8 Å². The second-order valence-corrected chi connectivity index (χ2v) is 17.8. The van der Waals surface area contributed by atoms with Gasteiger partial charge in [-0.2, -0.15) is 5.26 Å². The summed E-state index contributed by atoms with van der Waals surface area (Å²) in [6.07, 6.45) is 1.72. The second kappa shape index (κ2) is 17.3. The van der Waals surface area contributed by atoms with Gasteiger partial charge in [-0.1, -0.05) is 31.4 Å². The highest BCUT2D eigenvalue weighted by Crippen LogP contribution is 2.65. The van der Waals surface area contributed by atoms with Gasteiger partial charge in [0.2, 0.25) is 6.79 Å². The van der Waals surface area contributed by atoms with E-state index in [1.54, 1.807) is 19.1 Å². The molecule has 19 heteroatoms. The van der Waals surface area contributed by atoms with Crippen LogP contribution in [0, 0.1) is 25.2 Å². The number of methoxy groups -OCH3 is 2. The summed E-state index contributed by atoms with van der Waals surface area (Å²) in [4.78, 5) is 59.0. The Balaban J connectivity index is 1.30. The van der Waals surface area contributed by atoms with Crippen molar-refractivity contribution in [2.24, 2.45) is 0 Å². The standard InChI is InChI=1S/C47H48N4O14S/c1-8-12-59-45(55)51-28-15-26-14-22(3)39(58-7)38(53)33(26)36(51)37-43-35-34(42-41(62-21-63-42)23(4)40(35)64-24(5)52)30(50(37)29(28)18-48)19-61-44(54)47(20-66-43)27-17-31(57-6)32(16-25(27)10-11-49-47)65-46(56)60-13-9-2/h8-9,14,16-17,28-30,36-37,43,49,53H,1-2,10-13,15,19-21H2,3-7H3/t28-,29+,30+,36-,37?,43-,47-/m1/s1. The first-order chi connectivity index (χ1) is 31.8. The molecule has 0 aromatic heterocycles. The minimum absolute atomic E-state index is 0.0416. The summed E-state index contributed by atoms with van der Waals surface area (Å²) in [6.45, 7) is 11.7. The molecule has 1 spiro atoms. The fourth-order valence-electron chi connectivity index (χ4n) is 10.7. The van der Waals surface area contributed by atoms with Crippen molar-refractivity contribution in [3.63, 3.8) is 0 Å². The van der Waals surface area contributed by atoms with E-state index >= 15 is 4.79 Å². The highest BCUT2D eigenvalue weighted by Gasteiger charge is 2.63. The van der Waals surface area contributed by atoms with Crippen molar-refractivity contribution in [3.8, 4) is 46.3 Å². The smallest absolute Gasteiger partial charge is 0.504 e. The van der Waals surface area contributed by atoms with Crippen molar-refractivity contribution in [2.45, 2.75) is 74.6 Å². The van der Waals surface area contributed by atoms with Gasteiger partial charge in [-0.3, -0.25) is 19.9 Å². The molecule has 1 unspecified atom stereocenters. The molecule has 7 atom stereocenters. The molecule has 346 valence electrons. The summed E-state index contributed by atoms with van der Waals surface area (Å²) in [6, 6.07) is 2.88. The molecule has 18 nitrogen and oxygen atoms in total. The maximum atomic E-state index is 15.1. The molecule has 7 aliphatic rings. The average Bonchev–Trinajstić information content (AvgIpc) is 3.79. The van der Waals surface area contributed by atoms with Gasteiger partial charge in [0, 0.05) is 41.5 Å². The van der Waals surface area contributed by atoms with E-state index in [-0.39, 0.29) is 67.5 Å². The van der Waals surface area contributed by atoms with Crippen LogP contribution in [0.15, 0.2) is 43.5 Å². The molecule has 0 saturated carbocycles. The molecular formula is C47H48N4O14S. The Bertz CT molecular complexity index is 2630. The monoisotopic (exact) mass is 924 g/mol. The van der Waals surface area contributed by atoms with E-state index in [2.05, 4.69) is 24.5 Å². The van der Waals surface area contributed by atoms with E-state index in [1.165, 1.54) is 50.0 Å². The number of phenols is 1. The number of nitrogens with zero attached hydrogens (tertiary/aromatic N) is 3. The largest absolute Gasteiger partial charge is 0.514 e. The lowest BCUT2D eigenvalue weighted by Gasteiger charge is -2.62. The van der Waals surface area contributed by atoms with Crippen LogP contribution in [0.2, 0.25) is 0 Å². The van der Waals surface area contributed by atoms with Crippen LogP contribution in [0.5, 0.6) is 40.2 Å². The predicted octanol–water partition coefficient (Wildman–Crippen LogP) is 5.68. The number of phenolic OH excluding ortho intramolecular Hbond substituents is 1. The number of aryl methyl sites for hydroxylation is 1. The highest BCUT2D eigenvalue weighted by atomic mass is 32.2. The van der Waals surface area contributed by atoms with Crippen LogP contribution in [0.3, 0.4) is 0 Å². The van der Waals surface area contributed by atoms with E-state index < -0.39 is 65.2 Å². The molecule has 3 aromatic carbocycles. The SMILES string of the molecule is C=CCOC(=O)Oc1cc2c(cc1OC)[C@@]1(CS[C@@H]3c4c(OC(C)=O)c(C)c5c(c4[C@H](COC1=O)N1C3[C@H]3c4c(cc(C)c(OC)c4O)C[C@H]([C@@H]1C#N)N3C(=O)OCC=C)OCO5)NCC2. The van der Waals surface area contributed by atoms with Crippen molar-refractivity contribution >= 4 is 35.9 Å². The topological polar surface area (TPSA) is 214 Å². The first-order valence-corrected chi connectivity index (χ1v) is 22.4. The van der Waals surface area contributed by atoms with Crippen molar-refractivity contribution in [1.29, 1.82) is 5.26 Å². The molecule has 3 aromatic rings. The normalized spacial score (nSPS) is 25.4. The lowest BCUT2D eigenvalue weighted by Crippen LogP contribution is -2.71. The molecule has 10 rings (SSSR count). The third-order valence-corrected chi connectivity index (χ3v) is 14.6. The average molecular weight is 925 g/mol. The third-order valence-electron chi connectivity index (χ3n) is 13.2. The number of amides is 1. The number of fused-ring (bicyclic) bond motifs is 9. The summed E-state index contributed by atoms with van der Waals surface area (Å²) in [5.41, 5.74) is 2.83. The fraction of sp³-hybridized carbons (Fsp3) is 0.426. The van der Waals surface area contributed by atoms with Crippen LogP contribution in [0.25, 0.3) is 0 Å². The van der Waals surface area contributed by atoms with Crippen LogP contribution in [0.4, 0.5) is 9.59 Å². The molecule has 66 heavy (non-hydrogen) atoms. The minimum Gasteiger partial charge on any atom is -0.504 e. The number of hydrogen-bond acceptors (Lipinski definition) is 18. The zero-order valence-electron chi connectivity index (χ0n) is 36.9. The number of carbonyl (C=O) groups excluding carboxylic acids is 4. The van der Waals surface area contributed by atoms with E-state index in [0.29, 0.717) is 69.0 Å². The Kier molecular flexibility index (Phi) is 11.7. The van der Waals surface area contributed by atoms with Gasteiger partial charge in [0.25, 0.3) is 0 Å². The Morgan fingerprint density at radius 2 is 1.74 bits per heavy atom. The van der Waals surface area contributed by atoms with E-state index in [4.69, 9.17) is 42.6 Å². The molecule has 2 N–H and O–H groups in total. The number of piperazine rings is 1. The Hall–Kier alpha value is -6.62. The van der Waals surface area contributed by atoms with Crippen molar-refractivity contribution in [3.05, 3.63) is 88.0 Å². The quantitative estimate of drug-likeness (QED) is 0.0915. The van der Waals surface area contributed by atoms with Crippen molar-refractivity contribution in [1.82, 2.24) is 15.1 Å². The third kappa shape index (κ3) is 6.83. The fourth-order valence-corrected chi connectivity index (χ4v) is 12.4. The predicted molar refractivity (Wildman–Crippen MR) is 234 cm³/mol. The summed E-state index contributed by atoms with van der Waals surface area (Å²) >= 11 is 1.31. The summed E-state index contributed by atoms with van der Waals surface area (Å²) < 4.78 is 52.8. The Labute approximate surface area is 384 Å². The van der Waals surface area contributed by atoms with E-state index in [0.717, 1.165) is 0 Å². The second-order valence-electron chi connectivity index (χ2n) is 16.6. The molecule has 2 fully saturated rings. The van der Waals surface area contributed by atoms with Gasteiger partial charge in [-0.05, 0) is 61.1 Å². The number of nitriles is 1. The van der Waals surface area contributed by atoms with Gasteiger partial charge >= 0.3 is 24.2 Å². The van der Waals surface area contributed by atoms with E-state index in [1.807, 2.05) is 17.9 Å². The number of carbonyl (C=O) groups is 4. The van der Waals surface area contributed by atoms with Crippen LogP contribution in [0.1, 0.15) is 68.8 Å². The minimum atomic E-state index is -1.57. The number of ether oxygens (including phenoxy) is 9. The van der Waals surface area contributed by atoms with Crippen LogP contribution in [-0.4, -0.2) is 110 Å². The van der Waals surface area contributed by atoms with Crippen molar-refractivity contribution < 1.29 is 66.9 Å². The molecule has 0 radical (unpaired) electrons. The maximum absolute atomic E-state index is 15.1. The number of aromatic hydroxyl groups is 1. The van der Waals surface area contributed by atoms with Crippen molar-refractivity contribution in [2.75, 3.05) is 53.1 Å². The maximum Gasteiger partial charge on any atom is 0.514 e. The number of nitrogens with one attached hydrogen (secondary N) is 1. The molecule has 7 heterocycles. The molecule has 2 saturated heterocycles. The number of rotatable bonds is 8. The summed E-state index contributed by atoms with van der Waals surface area (Å²) in [5, 5.41) is 26.3. The van der Waals surface area contributed by atoms with Gasteiger partial charge in [-0.25, -0.2) is 14.4 Å². The van der Waals surface area contributed by atoms with Gasteiger partial charge in [0.15, 0.2) is 40.0 Å². The first kappa shape index (κ1) is 44.6. The highest BCUT2D eigenvalue weighted by molar-refractivity contribution is 7.99. The number of thioether (sulfide) groups is 1. The Morgan fingerprint density at radius 1 is 0.985 bits per heavy atom. The van der Waals surface area contributed by atoms with Crippen LogP contribution < -0.4 is 33.7 Å². The number of hydrogen-bond donors (Lipinski definition) is 2. The lowest BCUT2D eigenvalue weighted by atomic mass is 9.71. The number of esters is 2. The van der Waals surface area contributed by atoms with Crippen LogP contribution in [-0.2, 0) is 42.2 Å².